The van der Waals surface area contributed by atoms with Crippen LogP contribution in [-0.2, 0) is 15.7 Å². The van der Waals surface area contributed by atoms with Crippen LogP contribution in [0, 0.1) is 6.92 Å². The molecule has 0 bridgehead atoms. The highest BCUT2D eigenvalue weighted by Gasteiger charge is 2.22. The molecule has 0 unspecified atom stereocenters. The SMILES string of the molecule is Cc1cc(CCl)cc(N2CCS(=O)(=O)CC2)n1. The van der Waals surface area contributed by atoms with Crippen molar-refractivity contribution in [3.05, 3.63) is 23.4 Å². The lowest BCUT2D eigenvalue weighted by Gasteiger charge is -2.28. The third kappa shape index (κ3) is 3.10. The van der Waals surface area contributed by atoms with E-state index < -0.39 is 9.84 Å². The van der Waals surface area contributed by atoms with Crippen LogP contribution in [0.1, 0.15) is 11.3 Å². The number of sulfone groups is 1. The summed E-state index contributed by atoms with van der Waals surface area (Å²) in [5.74, 6) is 1.69. The van der Waals surface area contributed by atoms with E-state index in [2.05, 4.69) is 4.98 Å². The number of alkyl halides is 1. The standard InChI is InChI=1S/C11H15ClN2O2S/c1-9-6-10(8-12)7-11(13-9)14-2-4-17(15,16)5-3-14/h6-7H,2-5,8H2,1H3. The Morgan fingerprint density at radius 3 is 2.59 bits per heavy atom. The highest BCUT2D eigenvalue weighted by molar-refractivity contribution is 7.91. The van der Waals surface area contributed by atoms with Crippen LogP contribution in [0.5, 0.6) is 0 Å². The molecule has 1 aromatic rings. The van der Waals surface area contributed by atoms with Gasteiger partial charge in [0.25, 0.3) is 0 Å². The number of hydrogen-bond acceptors (Lipinski definition) is 4. The fourth-order valence-electron chi connectivity index (χ4n) is 1.90. The third-order valence-electron chi connectivity index (χ3n) is 2.82. The summed E-state index contributed by atoms with van der Waals surface area (Å²) < 4.78 is 22.7. The third-order valence-corrected chi connectivity index (χ3v) is 4.74. The minimum Gasteiger partial charge on any atom is -0.355 e. The lowest BCUT2D eigenvalue weighted by molar-refractivity contribution is 0.586. The van der Waals surface area contributed by atoms with E-state index in [1.807, 2.05) is 24.0 Å². The molecule has 1 saturated heterocycles. The van der Waals surface area contributed by atoms with E-state index in [0.717, 1.165) is 17.1 Å². The van der Waals surface area contributed by atoms with Crippen molar-refractivity contribution in [2.75, 3.05) is 29.5 Å². The molecule has 6 heteroatoms. The molecule has 4 nitrogen and oxygen atoms in total. The molecule has 0 aromatic carbocycles. The number of aryl methyl sites for hydroxylation is 1. The molecule has 0 N–H and O–H groups in total. The number of rotatable bonds is 2. The Balaban J connectivity index is 2.21. The maximum Gasteiger partial charge on any atom is 0.153 e. The van der Waals surface area contributed by atoms with Crippen LogP contribution in [0.3, 0.4) is 0 Å². The molecule has 94 valence electrons. The van der Waals surface area contributed by atoms with Gasteiger partial charge in [-0.15, -0.1) is 11.6 Å². The Labute approximate surface area is 107 Å². The number of pyridine rings is 1. The van der Waals surface area contributed by atoms with Gasteiger partial charge in [-0.1, -0.05) is 0 Å². The van der Waals surface area contributed by atoms with E-state index in [1.165, 1.54) is 0 Å². The maximum atomic E-state index is 11.3. The van der Waals surface area contributed by atoms with E-state index in [-0.39, 0.29) is 11.5 Å². The van der Waals surface area contributed by atoms with Crippen LogP contribution in [0.15, 0.2) is 12.1 Å². The Morgan fingerprint density at radius 1 is 1.35 bits per heavy atom. The summed E-state index contributed by atoms with van der Waals surface area (Å²) >= 11 is 5.81. The number of hydrogen-bond donors (Lipinski definition) is 0. The highest BCUT2D eigenvalue weighted by Crippen LogP contribution is 2.18. The smallest absolute Gasteiger partial charge is 0.153 e. The highest BCUT2D eigenvalue weighted by atomic mass is 35.5. The van der Waals surface area contributed by atoms with E-state index in [4.69, 9.17) is 11.6 Å². The Hall–Kier alpha value is -0.810. The van der Waals surface area contributed by atoms with Gasteiger partial charge in [-0.3, -0.25) is 0 Å². The van der Waals surface area contributed by atoms with Gasteiger partial charge in [-0.2, -0.15) is 0 Å². The zero-order chi connectivity index (χ0) is 12.5. The molecular formula is C11H15ClN2O2S. The van der Waals surface area contributed by atoms with Crippen LogP contribution in [0.4, 0.5) is 5.82 Å². The monoisotopic (exact) mass is 274 g/mol. The van der Waals surface area contributed by atoms with Crippen molar-refractivity contribution in [2.45, 2.75) is 12.8 Å². The summed E-state index contributed by atoms with van der Waals surface area (Å²) in [5.41, 5.74) is 1.93. The first-order valence-corrected chi connectivity index (χ1v) is 7.85. The summed E-state index contributed by atoms with van der Waals surface area (Å²) in [6.45, 7) is 2.95. The van der Waals surface area contributed by atoms with Gasteiger partial charge in [0.1, 0.15) is 5.82 Å². The predicted molar refractivity (Wildman–Crippen MR) is 69.4 cm³/mol. The van der Waals surface area contributed by atoms with Crippen LogP contribution in [0.25, 0.3) is 0 Å². The summed E-state index contributed by atoms with van der Waals surface area (Å²) in [4.78, 5) is 6.43. The van der Waals surface area contributed by atoms with Crippen molar-refractivity contribution in [1.82, 2.24) is 4.98 Å². The van der Waals surface area contributed by atoms with Gasteiger partial charge >= 0.3 is 0 Å². The van der Waals surface area contributed by atoms with Gasteiger partial charge in [-0.25, -0.2) is 13.4 Å². The number of anilines is 1. The topological polar surface area (TPSA) is 50.3 Å². The minimum atomic E-state index is -2.84. The second kappa shape index (κ2) is 4.82. The predicted octanol–water partition coefficient (Wildman–Crippen LogP) is 1.36. The summed E-state index contributed by atoms with van der Waals surface area (Å²) in [6.07, 6.45) is 0. The molecule has 1 fully saturated rings. The largest absolute Gasteiger partial charge is 0.355 e. The molecular weight excluding hydrogens is 260 g/mol. The first kappa shape index (κ1) is 12.6. The van der Waals surface area contributed by atoms with Crippen LogP contribution in [-0.4, -0.2) is 38.0 Å². The van der Waals surface area contributed by atoms with Crippen molar-refractivity contribution in [1.29, 1.82) is 0 Å². The molecule has 2 heterocycles. The first-order chi connectivity index (χ1) is 8.00. The zero-order valence-electron chi connectivity index (χ0n) is 9.69. The second-order valence-corrected chi connectivity index (χ2v) is 6.82. The van der Waals surface area contributed by atoms with Crippen molar-refractivity contribution in [2.24, 2.45) is 0 Å². The van der Waals surface area contributed by atoms with Gasteiger partial charge in [0.05, 0.1) is 11.5 Å². The number of halogens is 1. The lowest BCUT2D eigenvalue weighted by Crippen LogP contribution is -2.40. The van der Waals surface area contributed by atoms with Crippen LogP contribution in [0.2, 0.25) is 0 Å². The summed E-state index contributed by atoms with van der Waals surface area (Å²) in [5, 5.41) is 0. The quantitative estimate of drug-likeness (QED) is 0.764. The Morgan fingerprint density at radius 2 is 2.00 bits per heavy atom. The Kier molecular flexibility index (Phi) is 3.58. The van der Waals surface area contributed by atoms with Gasteiger partial charge in [-0.05, 0) is 24.6 Å². The van der Waals surface area contributed by atoms with Crippen molar-refractivity contribution in [3.63, 3.8) is 0 Å². The average molecular weight is 275 g/mol. The number of nitrogens with zero attached hydrogens (tertiary/aromatic N) is 2. The minimum absolute atomic E-state index is 0.207. The van der Waals surface area contributed by atoms with Crippen molar-refractivity contribution in [3.8, 4) is 0 Å². The molecule has 0 atom stereocenters. The van der Waals surface area contributed by atoms with Gasteiger partial charge < -0.3 is 4.90 Å². The molecule has 0 radical (unpaired) electrons. The van der Waals surface area contributed by atoms with Crippen molar-refractivity contribution >= 4 is 27.3 Å². The molecule has 1 aliphatic rings. The van der Waals surface area contributed by atoms with Crippen LogP contribution < -0.4 is 4.90 Å². The number of aromatic nitrogens is 1. The molecule has 0 amide bonds. The van der Waals surface area contributed by atoms with Gasteiger partial charge in [0.15, 0.2) is 9.84 Å². The molecule has 0 aliphatic carbocycles. The van der Waals surface area contributed by atoms with Crippen LogP contribution >= 0.6 is 11.6 Å². The molecule has 2 rings (SSSR count). The van der Waals surface area contributed by atoms with E-state index in [0.29, 0.717) is 19.0 Å². The zero-order valence-corrected chi connectivity index (χ0v) is 11.3. The molecule has 1 aliphatic heterocycles. The van der Waals surface area contributed by atoms with E-state index >= 15 is 0 Å². The normalized spacial score (nSPS) is 19.3. The second-order valence-electron chi connectivity index (χ2n) is 4.25. The van der Waals surface area contributed by atoms with E-state index in [9.17, 15) is 8.42 Å². The average Bonchev–Trinajstić information content (AvgIpc) is 2.28. The van der Waals surface area contributed by atoms with Gasteiger partial charge in [0, 0.05) is 24.7 Å². The fourth-order valence-corrected chi connectivity index (χ4v) is 3.26. The van der Waals surface area contributed by atoms with Gasteiger partial charge in [0.2, 0.25) is 0 Å². The Bertz CT molecular complexity index is 502. The van der Waals surface area contributed by atoms with Crippen molar-refractivity contribution < 1.29 is 8.42 Å². The summed E-state index contributed by atoms with van der Waals surface area (Å²) in [6, 6.07) is 3.87. The maximum absolute atomic E-state index is 11.3. The lowest BCUT2D eigenvalue weighted by atomic mass is 10.2. The van der Waals surface area contributed by atoms with E-state index in [1.54, 1.807) is 0 Å². The summed E-state index contributed by atoms with van der Waals surface area (Å²) in [7, 11) is -2.84. The first-order valence-electron chi connectivity index (χ1n) is 5.49. The fraction of sp³-hybridized carbons (Fsp3) is 0.545. The molecule has 17 heavy (non-hydrogen) atoms. The molecule has 0 saturated carbocycles. The molecule has 0 spiro atoms. The molecule has 1 aromatic heterocycles.